The van der Waals surface area contributed by atoms with E-state index < -0.39 is 16.8 Å². The molecule has 0 bridgehead atoms. The molecule has 13 heavy (non-hydrogen) atoms. The Balaban J connectivity index is 3.62. The molecule has 0 aliphatic heterocycles. The Morgan fingerprint density at radius 3 is 2.31 bits per heavy atom. The third kappa shape index (κ3) is 6.72. The van der Waals surface area contributed by atoms with Crippen molar-refractivity contribution >= 4 is 16.8 Å². The quantitative estimate of drug-likeness (QED) is 0.646. The average Bonchev–Trinajstić information content (AvgIpc) is 2.05. The van der Waals surface area contributed by atoms with Crippen molar-refractivity contribution in [1.29, 1.82) is 0 Å². The minimum Gasteiger partial charge on any atom is -0.481 e. The maximum Gasteiger partial charge on any atom is 0.316 e. The van der Waals surface area contributed by atoms with Gasteiger partial charge in [-0.3, -0.25) is 9.00 Å². The van der Waals surface area contributed by atoms with Crippen LogP contribution in [0.3, 0.4) is 0 Å². The first-order valence-electron chi connectivity index (χ1n) is 4.39. The van der Waals surface area contributed by atoms with Crippen LogP contribution >= 0.6 is 0 Å². The lowest BCUT2D eigenvalue weighted by Crippen LogP contribution is -2.28. The molecule has 0 amide bonds. The molecule has 0 heterocycles. The molecule has 0 fully saturated rings. The highest BCUT2D eigenvalue weighted by atomic mass is 32.2. The van der Waals surface area contributed by atoms with E-state index in [1.54, 1.807) is 0 Å². The number of hydrogen-bond acceptors (Lipinski definition) is 3. The molecule has 0 aliphatic carbocycles. The normalized spacial score (nSPS) is 13.2. The van der Waals surface area contributed by atoms with Crippen molar-refractivity contribution < 1.29 is 14.1 Å². The summed E-state index contributed by atoms with van der Waals surface area (Å²) in [6.07, 6.45) is 0. The minimum absolute atomic E-state index is 0.235. The first-order chi connectivity index (χ1) is 6.10. The lowest BCUT2D eigenvalue weighted by molar-refractivity contribution is -0.133. The summed E-state index contributed by atoms with van der Waals surface area (Å²) in [6.45, 7) is 6.61. The van der Waals surface area contributed by atoms with Gasteiger partial charge in [-0.15, -0.1) is 0 Å². The second-order valence-corrected chi connectivity index (χ2v) is 4.29. The lowest BCUT2D eigenvalue weighted by Gasteiger charge is -2.16. The van der Waals surface area contributed by atoms with Crippen molar-refractivity contribution in [2.45, 2.75) is 13.8 Å². The zero-order chi connectivity index (χ0) is 10.3. The number of aliphatic carboxylic acids is 1. The van der Waals surface area contributed by atoms with Crippen LogP contribution in [0.25, 0.3) is 0 Å². The van der Waals surface area contributed by atoms with Crippen LogP contribution in [0, 0.1) is 0 Å². The summed E-state index contributed by atoms with van der Waals surface area (Å²) in [7, 11) is -1.22. The zero-order valence-electron chi connectivity index (χ0n) is 8.15. The minimum atomic E-state index is -1.22. The van der Waals surface area contributed by atoms with Crippen molar-refractivity contribution in [1.82, 2.24) is 4.90 Å². The molecule has 0 rings (SSSR count). The molecule has 5 heteroatoms. The third-order valence-electron chi connectivity index (χ3n) is 1.81. The highest BCUT2D eigenvalue weighted by Crippen LogP contribution is 1.89. The molecule has 0 saturated carbocycles. The van der Waals surface area contributed by atoms with Gasteiger partial charge in [0.25, 0.3) is 0 Å². The molecule has 0 aromatic heterocycles. The Morgan fingerprint density at radius 2 is 1.92 bits per heavy atom. The van der Waals surface area contributed by atoms with E-state index in [0.717, 1.165) is 13.1 Å². The zero-order valence-corrected chi connectivity index (χ0v) is 8.97. The number of rotatable bonds is 7. The Morgan fingerprint density at radius 1 is 1.38 bits per heavy atom. The highest BCUT2D eigenvalue weighted by molar-refractivity contribution is 7.85. The topological polar surface area (TPSA) is 57.6 Å². The summed E-state index contributed by atoms with van der Waals surface area (Å²) in [5.41, 5.74) is 0. The average molecular weight is 207 g/mol. The molecule has 0 aromatic carbocycles. The maximum atomic E-state index is 11.1. The van der Waals surface area contributed by atoms with Crippen LogP contribution in [0.1, 0.15) is 13.8 Å². The van der Waals surface area contributed by atoms with Gasteiger partial charge in [0.2, 0.25) is 0 Å². The van der Waals surface area contributed by atoms with Crippen LogP contribution < -0.4 is 0 Å². The van der Waals surface area contributed by atoms with Gasteiger partial charge in [-0.2, -0.15) is 0 Å². The van der Waals surface area contributed by atoms with E-state index in [4.69, 9.17) is 5.11 Å². The Bertz CT molecular complexity index is 180. The van der Waals surface area contributed by atoms with Gasteiger partial charge < -0.3 is 10.0 Å². The summed E-state index contributed by atoms with van der Waals surface area (Å²) < 4.78 is 11.1. The standard InChI is InChI=1S/C8H17NO3S/c1-3-9(4-2)5-6-13(12)7-8(10)11/h3-7H2,1-2H3,(H,10,11). The molecule has 0 spiro atoms. The van der Waals surface area contributed by atoms with Gasteiger partial charge in [0.05, 0.1) is 0 Å². The van der Waals surface area contributed by atoms with Crippen LogP contribution in [-0.4, -0.2) is 51.3 Å². The van der Waals surface area contributed by atoms with E-state index in [2.05, 4.69) is 4.90 Å². The van der Waals surface area contributed by atoms with Crippen molar-refractivity contribution in [3.05, 3.63) is 0 Å². The van der Waals surface area contributed by atoms with E-state index in [9.17, 15) is 9.00 Å². The number of carbonyl (C=O) groups is 1. The fourth-order valence-electron chi connectivity index (χ4n) is 0.981. The largest absolute Gasteiger partial charge is 0.481 e. The molecular formula is C8H17NO3S. The second-order valence-electron chi connectivity index (χ2n) is 2.71. The molecule has 1 N–H and O–H groups in total. The molecule has 78 valence electrons. The van der Waals surface area contributed by atoms with Crippen LogP contribution in [0.5, 0.6) is 0 Å². The van der Waals surface area contributed by atoms with Crippen LogP contribution in [-0.2, 0) is 15.6 Å². The first kappa shape index (κ1) is 12.6. The van der Waals surface area contributed by atoms with E-state index in [0.29, 0.717) is 12.3 Å². The Hall–Kier alpha value is -0.420. The molecule has 0 saturated heterocycles. The highest BCUT2D eigenvalue weighted by Gasteiger charge is 2.07. The van der Waals surface area contributed by atoms with Gasteiger partial charge in [0, 0.05) is 23.1 Å². The second kappa shape index (κ2) is 7.03. The van der Waals surface area contributed by atoms with Gasteiger partial charge in [0.1, 0.15) is 5.75 Å². The monoisotopic (exact) mass is 207 g/mol. The predicted molar refractivity (Wildman–Crippen MR) is 53.3 cm³/mol. The van der Waals surface area contributed by atoms with Crippen molar-refractivity contribution in [3.8, 4) is 0 Å². The van der Waals surface area contributed by atoms with E-state index in [1.165, 1.54) is 0 Å². The summed E-state index contributed by atoms with van der Waals surface area (Å²) >= 11 is 0. The molecule has 4 nitrogen and oxygen atoms in total. The molecule has 1 unspecified atom stereocenters. The summed E-state index contributed by atoms with van der Waals surface area (Å²) in [4.78, 5) is 12.3. The van der Waals surface area contributed by atoms with Crippen LogP contribution in [0.15, 0.2) is 0 Å². The molecular weight excluding hydrogens is 190 g/mol. The SMILES string of the molecule is CCN(CC)CCS(=O)CC(=O)O. The first-order valence-corrected chi connectivity index (χ1v) is 5.88. The summed E-state index contributed by atoms with van der Waals surface area (Å²) in [5, 5.41) is 8.36. The Labute approximate surface area is 81.4 Å². The maximum absolute atomic E-state index is 11.1. The van der Waals surface area contributed by atoms with Crippen molar-refractivity contribution in [2.24, 2.45) is 0 Å². The fraction of sp³-hybridized carbons (Fsp3) is 0.875. The Kier molecular flexibility index (Phi) is 6.80. The third-order valence-corrected chi connectivity index (χ3v) is 3.02. The summed E-state index contributed by atoms with van der Waals surface area (Å²) in [5.74, 6) is -0.771. The van der Waals surface area contributed by atoms with Crippen LogP contribution in [0.4, 0.5) is 0 Å². The number of nitrogens with zero attached hydrogens (tertiary/aromatic N) is 1. The van der Waals surface area contributed by atoms with Crippen molar-refractivity contribution in [3.63, 3.8) is 0 Å². The van der Waals surface area contributed by atoms with Gasteiger partial charge in [-0.05, 0) is 13.1 Å². The molecule has 0 aromatic rings. The predicted octanol–water partition coefficient (Wildman–Crippen LogP) is 0.161. The summed E-state index contributed by atoms with van der Waals surface area (Å²) in [6, 6.07) is 0. The smallest absolute Gasteiger partial charge is 0.316 e. The number of hydrogen-bond donors (Lipinski definition) is 1. The lowest BCUT2D eigenvalue weighted by atomic mass is 10.5. The molecule has 0 aliphatic rings. The van der Waals surface area contributed by atoms with Gasteiger partial charge in [-0.25, -0.2) is 0 Å². The number of carboxylic acids is 1. The van der Waals surface area contributed by atoms with Crippen LogP contribution in [0.2, 0.25) is 0 Å². The van der Waals surface area contributed by atoms with Crippen molar-refractivity contribution in [2.75, 3.05) is 31.1 Å². The van der Waals surface area contributed by atoms with Gasteiger partial charge in [0.15, 0.2) is 0 Å². The fourth-order valence-corrected chi connectivity index (χ4v) is 1.86. The van der Waals surface area contributed by atoms with E-state index in [-0.39, 0.29) is 5.75 Å². The van der Waals surface area contributed by atoms with E-state index >= 15 is 0 Å². The molecule has 0 radical (unpaired) electrons. The number of carboxylic acid groups (broad SMARTS) is 1. The van der Waals surface area contributed by atoms with E-state index in [1.807, 2.05) is 13.8 Å². The molecule has 1 atom stereocenters. The van der Waals surface area contributed by atoms with Gasteiger partial charge in [-0.1, -0.05) is 13.8 Å². The van der Waals surface area contributed by atoms with Gasteiger partial charge >= 0.3 is 5.97 Å².